The third kappa shape index (κ3) is 6.43. The van der Waals surface area contributed by atoms with Crippen LogP contribution in [0.4, 0.5) is 0 Å². The maximum Gasteiger partial charge on any atom is 0.257 e. The molecule has 134 valence electrons. The number of hydrogen-bond acceptors (Lipinski definition) is 4. The van der Waals surface area contributed by atoms with Gasteiger partial charge < -0.3 is 19.5 Å². The maximum atomic E-state index is 12.7. The fourth-order valence-corrected chi connectivity index (χ4v) is 2.37. The molecule has 0 aliphatic carbocycles. The normalized spacial score (nSPS) is 10.7. The van der Waals surface area contributed by atoms with Gasteiger partial charge in [-0.25, -0.2) is 0 Å². The molecule has 6 heteroatoms. The molecule has 2 rings (SSSR count). The average molecular weight is 343 g/mol. The largest absolute Gasteiger partial charge is 0.472 e. The molecule has 25 heavy (non-hydrogen) atoms. The lowest BCUT2D eigenvalue weighted by molar-refractivity contribution is -0.121. The van der Waals surface area contributed by atoms with Crippen LogP contribution in [-0.2, 0) is 11.3 Å². The Bertz CT molecular complexity index is 654. The van der Waals surface area contributed by atoms with Crippen molar-refractivity contribution in [1.29, 1.82) is 0 Å². The first-order valence-corrected chi connectivity index (χ1v) is 8.33. The molecule has 0 saturated carbocycles. The molecule has 2 aromatic rings. The molecule has 0 aliphatic rings. The molecule has 1 aromatic carbocycles. The predicted molar refractivity (Wildman–Crippen MR) is 96.1 cm³/mol. The molecule has 0 fully saturated rings. The molecule has 1 aromatic heterocycles. The second kappa shape index (κ2) is 9.64. The molecule has 0 unspecified atom stereocenters. The first kappa shape index (κ1) is 18.7. The second-order valence-electron chi connectivity index (χ2n) is 6.13. The zero-order valence-corrected chi connectivity index (χ0v) is 14.8. The topological polar surface area (TPSA) is 65.8 Å². The summed E-state index contributed by atoms with van der Waals surface area (Å²) in [5, 5.41) is 2.87. The summed E-state index contributed by atoms with van der Waals surface area (Å²) in [7, 11) is 3.91. The van der Waals surface area contributed by atoms with Crippen LogP contribution in [0.25, 0.3) is 0 Å². The summed E-state index contributed by atoms with van der Waals surface area (Å²) < 4.78 is 5.01. The van der Waals surface area contributed by atoms with Gasteiger partial charge >= 0.3 is 0 Å². The van der Waals surface area contributed by atoms with E-state index < -0.39 is 0 Å². The van der Waals surface area contributed by atoms with Crippen molar-refractivity contribution in [1.82, 2.24) is 15.1 Å². The summed E-state index contributed by atoms with van der Waals surface area (Å²) in [6.07, 6.45) is 3.17. The Morgan fingerprint density at radius 2 is 1.84 bits per heavy atom. The molecule has 6 nitrogen and oxygen atoms in total. The second-order valence-corrected chi connectivity index (χ2v) is 6.13. The lowest BCUT2D eigenvalue weighted by atomic mass is 10.2. The number of hydrogen-bond donors (Lipinski definition) is 1. The molecule has 0 saturated heterocycles. The van der Waals surface area contributed by atoms with E-state index in [1.54, 1.807) is 11.0 Å². The number of rotatable bonds is 9. The van der Waals surface area contributed by atoms with Gasteiger partial charge in [-0.05, 0) is 25.7 Å². The van der Waals surface area contributed by atoms with Crippen LogP contribution in [0.5, 0.6) is 0 Å². The van der Waals surface area contributed by atoms with E-state index in [0.29, 0.717) is 25.2 Å². The predicted octanol–water partition coefficient (Wildman–Crippen LogP) is 1.99. The molecule has 1 N–H and O–H groups in total. The van der Waals surface area contributed by atoms with Crippen molar-refractivity contribution < 1.29 is 14.0 Å². The van der Waals surface area contributed by atoms with Crippen LogP contribution < -0.4 is 5.32 Å². The third-order valence-corrected chi connectivity index (χ3v) is 3.76. The zero-order chi connectivity index (χ0) is 18.1. The average Bonchev–Trinajstić information content (AvgIpc) is 3.13. The number of carbonyl (C=O) groups excluding carboxylic acids is 2. The Kier molecular flexibility index (Phi) is 7.22. The molecule has 1 heterocycles. The van der Waals surface area contributed by atoms with Gasteiger partial charge in [0.1, 0.15) is 6.26 Å². The molecular formula is C19H25N3O3. The highest BCUT2D eigenvalue weighted by Gasteiger charge is 2.18. The van der Waals surface area contributed by atoms with Gasteiger partial charge in [0.15, 0.2) is 0 Å². The number of nitrogens with zero attached hydrogens (tertiary/aromatic N) is 2. The monoisotopic (exact) mass is 343 g/mol. The minimum atomic E-state index is -0.140. The summed E-state index contributed by atoms with van der Waals surface area (Å²) in [6, 6.07) is 11.4. The summed E-state index contributed by atoms with van der Waals surface area (Å²) in [5.74, 6) is -0.196. The van der Waals surface area contributed by atoms with Crippen molar-refractivity contribution in [2.45, 2.75) is 13.0 Å². The first-order valence-electron chi connectivity index (χ1n) is 8.33. The van der Waals surface area contributed by atoms with Gasteiger partial charge in [0.25, 0.3) is 5.91 Å². The van der Waals surface area contributed by atoms with Crippen molar-refractivity contribution in [3.8, 4) is 0 Å². The van der Waals surface area contributed by atoms with Crippen LogP contribution in [0, 0.1) is 0 Å². The first-order chi connectivity index (χ1) is 12.1. The Morgan fingerprint density at radius 1 is 1.08 bits per heavy atom. The molecule has 0 spiro atoms. The Hall–Kier alpha value is -2.60. The van der Waals surface area contributed by atoms with Gasteiger partial charge in [-0.15, -0.1) is 0 Å². The smallest absolute Gasteiger partial charge is 0.257 e. The van der Waals surface area contributed by atoms with Crippen LogP contribution in [0.3, 0.4) is 0 Å². The molecule has 2 amide bonds. The van der Waals surface area contributed by atoms with Gasteiger partial charge in [0, 0.05) is 32.6 Å². The number of furan rings is 1. The minimum Gasteiger partial charge on any atom is -0.472 e. The van der Waals surface area contributed by atoms with Crippen molar-refractivity contribution in [2.75, 3.05) is 33.7 Å². The van der Waals surface area contributed by atoms with Crippen molar-refractivity contribution in [3.05, 3.63) is 60.1 Å². The van der Waals surface area contributed by atoms with Crippen LogP contribution in [0.15, 0.2) is 53.3 Å². The summed E-state index contributed by atoms with van der Waals surface area (Å²) in [4.78, 5) is 28.3. The highest BCUT2D eigenvalue weighted by molar-refractivity contribution is 5.94. The van der Waals surface area contributed by atoms with Crippen molar-refractivity contribution >= 4 is 11.8 Å². The van der Waals surface area contributed by atoms with E-state index in [2.05, 4.69) is 5.32 Å². The molecule has 0 aliphatic heterocycles. The van der Waals surface area contributed by atoms with Crippen molar-refractivity contribution in [2.24, 2.45) is 0 Å². The van der Waals surface area contributed by atoms with Crippen LogP contribution in [0.2, 0.25) is 0 Å². The van der Waals surface area contributed by atoms with Crippen LogP contribution in [0.1, 0.15) is 22.3 Å². The SMILES string of the molecule is CN(C)CCNC(=O)CCN(Cc1ccccc1)C(=O)c1ccoc1. The van der Waals surface area contributed by atoms with Gasteiger partial charge in [-0.3, -0.25) is 9.59 Å². The van der Waals surface area contributed by atoms with Gasteiger partial charge in [0.2, 0.25) is 5.91 Å². The van der Waals surface area contributed by atoms with Gasteiger partial charge in [0.05, 0.1) is 11.8 Å². The lowest BCUT2D eigenvalue weighted by Gasteiger charge is -2.22. The van der Waals surface area contributed by atoms with E-state index in [4.69, 9.17) is 4.42 Å². The Balaban J connectivity index is 1.94. The molecule has 0 atom stereocenters. The Morgan fingerprint density at radius 3 is 2.48 bits per heavy atom. The maximum absolute atomic E-state index is 12.7. The van der Waals surface area contributed by atoms with E-state index >= 15 is 0 Å². The number of likely N-dealkylation sites (N-methyl/N-ethyl adjacent to an activating group) is 1. The van der Waals surface area contributed by atoms with E-state index in [-0.39, 0.29) is 18.2 Å². The molecule has 0 bridgehead atoms. The number of amides is 2. The molecule has 0 radical (unpaired) electrons. The minimum absolute atomic E-state index is 0.0556. The number of nitrogens with one attached hydrogen (secondary N) is 1. The third-order valence-electron chi connectivity index (χ3n) is 3.76. The summed E-state index contributed by atoms with van der Waals surface area (Å²) >= 11 is 0. The van der Waals surface area contributed by atoms with Crippen LogP contribution in [-0.4, -0.2) is 55.3 Å². The number of carbonyl (C=O) groups is 2. The summed E-state index contributed by atoms with van der Waals surface area (Å²) in [5.41, 5.74) is 1.51. The fourth-order valence-electron chi connectivity index (χ4n) is 2.37. The van der Waals surface area contributed by atoms with Gasteiger partial charge in [-0.1, -0.05) is 30.3 Å². The van der Waals surface area contributed by atoms with Gasteiger partial charge in [-0.2, -0.15) is 0 Å². The fraction of sp³-hybridized carbons (Fsp3) is 0.368. The van der Waals surface area contributed by atoms with Crippen LogP contribution >= 0.6 is 0 Å². The highest BCUT2D eigenvalue weighted by Crippen LogP contribution is 2.11. The van der Waals surface area contributed by atoms with Crippen molar-refractivity contribution in [3.63, 3.8) is 0 Å². The highest BCUT2D eigenvalue weighted by atomic mass is 16.3. The van der Waals surface area contributed by atoms with E-state index in [9.17, 15) is 9.59 Å². The molecular weight excluding hydrogens is 318 g/mol. The summed E-state index contributed by atoms with van der Waals surface area (Å²) in [6.45, 7) is 2.19. The van der Waals surface area contributed by atoms with E-state index in [1.807, 2.05) is 49.3 Å². The number of benzene rings is 1. The lowest BCUT2D eigenvalue weighted by Crippen LogP contribution is -2.36. The zero-order valence-electron chi connectivity index (χ0n) is 14.8. The standard InChI is InChI=1S/C19H25N3O3/c1-21(2)12-10-20-18(23)8-11-22(14-16-6-4-3-5-7-16)19(24)17-9-13-25-15-17/h3-7,9,13,15H,8,10-12,14H2,1-2H3,(H,20,23). The quantitative estimate of drug-likeness (QED) is 0.756. The van der Waals surface area contributed by atoms with E-state index in [0.717, 1.165) is 12.1 Å². The van der Waals surface area contributed by atoms with E-state index in [1.165, 1.54) is 12.5 Å². The Labute approximate surface area is 148 Å².